The van der Waals surface area contributed by atoms with E-state index in [2.05, 4.69) is 11.4 Å². The smallest absolute Gasteiger partial charge is 0.129 e. The van der Waals surface area contributed by atoms with Gasteiger partial charge in [0.25, 0.3) is 0 Å². The van der Waals surface area contributed by atoms with Crippen LogP contribution in [0.15, 0.2) is 30.3 Å². The maximum atomic E-state index is 10.4. The monoisotopic (exact) mass is 264 g/mol. The van der Waals surface area contributed by atoms with Gasteiger partial charge in [0.1, 0.15) is 5.78 Å². The van der Waals surface area contributed by atoms with Crippen molar-refractivity contribution < 1.29 is 37.5 Å². The SMILES string of the molecule is O=C1CC[N-]CC1.[Y].[c-]1ccccc1. The molecule has 0 aliphatic carbocycles. The normalized spacial score (nSPS) is 14.7. The Morgan fingerprint density at radius 3 is 1.86 bits per heavy atom. The van der Waals surface area contributed by atoms with E-state index in [9.17, 15) is 4.79 Å². The molecule has 3 heteroatoms. The summed E-state index contributed by atoms with van der Waals surface area (Å²) >= 11 is 0. The van der Waals surface area contributed by atoms with Crippen LogP contribution in [0.4, 0.5) is 0 Å². The second kappa shape index (κ2) is 9.51. The van der Waals surface area contributed by atoms with E-state index >= 15 is 0 Å². The molecule has 1 aliphatic rings. The number of ketones is 1. The summed E-state index contributed by atoms with van der Waals surface area (Å²) in [7, 11) is 0. The minimum Gasteiger partial charge on any atom is -0.662 e. The first-order valence-corrected chi connectivity index (χ1v) is 4.45. The van der Waals surface area contributed by atoms with Gasteiger partial charge in [0.15, 0.2) is 0 Å². The van der Waals surface area contributed by atoms with Gasteiger partial charge >= 0.3 is 0 Å². The van der Waals surface area contributed by atoms with Gasteiger partial charge in [-0.25, -0.2) is 0 Å². The second-order valence-electron chi connectivity index (χ2n) is 2.79. The van der Waals surface area contributed by atoms with Crippen LogP contribution in [0.2, 0.25) is 0 Å². The molecule has 1 aliphatic heterocycles. The van der Waals surface area contributed by atoms with Crippen LogP contribution in [-0.2, 0) is 37.5 Å². The summed E-state index contributed by atoms with van der Waals surface area (Å²) < 4.78 is 0. The number of benzene rings is 1. The molecule has 0 aromatic heterocycles. The van der Waals surface area contributed by atoms with Crippen molar-refractivity contribution in [1.29, 1.82) is 0 Å². The molecule has 1 radical (unpaired) electrons. The Labute approximate surface area is 110 Å². The van der Waals surface area contributed by atoms with Crippen molar-refractivity contribution in [2.75, 3.05) is 13.1 Å². The summed E-state index contributed by atoms with van der Waals surface area (Å²) in [5.41, 5.74) is 0. The first kappa shape index (κ1) is 14.0. The molecule has 0 unspecified atom stereocenters. The number of nitrogens with zero attached hydrogens (tertiary/aromatic N) is 1. The maximum Gasteiger partial charge on any atom is 0.129 e. The Morgan fingerprint density at radius 2 is 1.64 bits per heavy atom. The van der Waals surface area contributed by atoms with E-state index in [1.807, 2.05) is 30.3 Å². The van der Waals surface area contributed by atoms with Gasteiger partial charge in [0, 0.05) is 32.7 Å². The van der Waals surface area contributed by atoms with Gasteiger partial charge in [-0.2, -0.15) is 36.4 Å². The van der Waals surface area contributed by atoms with Crippen LogP contribution in [0.25, 0.3) is 5.32 Å². The fourth-order valence-electron chi connectivity index (χ4n) is 0.986. The van der Waals surface area contributed by atoms with Gasteiger partial charge in [-0.1, -0.05) is 0 Å². The number of hydrogen-bond acceptors (Lipinski definition) is 1. The molecule has 1 aromatic rings. The molecule has 1 saturated heterocycles. The van der Waals surface area contributed by atoms with E-state index < -0.39 is 0 Å². The Balaban J connectivity index is 0.000000227. The van der Waals surface area contributed by atoms with Gasteiger partial charge in [-0.15, -0.1) is 13.1 Å². The van der Waals surface area contributed by atoms with Gasteiger partial charge < -0.3 is 5.32 Å². The van der Waals surface area contributed by atoms with E-state index in [0.29, 0.717) is 18.6 Å². The van der Waals surface area contributed by atoms with E-state index in [0.717, 1.165) is 13.1 Å². The van der Waals surface area contributed by atoms with Gasteiger partial charge in [-0.05, 0) is 12.8 Å². The molecule has 2 rings (SSSR count). The number of piperidine rings is 1. The largest absolute Gasteiger partial charge is 0.662 e. The maximum absolute atomic E-state index is 10.4. The zero-order valence-electron chi connectivity index (χ0n) is 8.15. The number of hydrogen-bond donors (Lipinski definition) is 0. The predicted octanol–water partition coefficient (Wildman–Crippen LogP) is 2.21. The summed E-state index contributed by atoms with van der Waals surface area (Å²) in [5.74, 6) is 0.370. The molecule has 1 heterocycles. The molecule has 0 saturated carbocycles. The number of carbonyl (C=O) groups excluding carboxylic acids is 1. The van der Waals surface area contributed by atoms with Crippen LogP contribution >= 0.6 is 0 Å². The minimum absolute atomic E-state index is 0. The Bertz CT molecular complexity index is 204. The van der Waals surface area contributed by atoms with Crippen molar-refractivity contribution in [3.05, 3.63) is 41.7 Å². The second-order valence-corrected chi connectivity index (χ2v) is 2.79. The molecular formula is C11H13NOY-2. The zero-order valence-corrected chi connectivity index (χ0v) is 11.0. The third-order valence-electron chi connectivity index (χ3n) is 1.70. The van der Waals surface area contributed by atoms with E-state index in [1.165, 1.54) is 0 Å². The molecule has 0 amide bonds. The predicted molar refractivity (Wildman–Crippen MR) is 52.6 cm³/mol. The summed E-state index contributed by atoms with van der Waals surface area (Å²) in [4.78, 5) is 10.4. The summed E-state index contributed by atoms with van der Waals surface area (Å²) in [6.07, 6.45) is 1.36. The third kappa shape index (κ3) is 7.37. The summed E-state index contributed by atoms with van der Waals surface area (Å²) in [5, 5.41) is 4.01. The van der Waals surface area contributed by atoms with Crippen molar-refractivity contribution in [2.24, 2.45) is 0 Å². The van der Waals surface area contributed by atoms with Crippen molar-refractivity contribution in [3.8, 4) is 0 Å². The Hall–Kier alpha value is -0.0461. The van der Waals surface area contributed by atoms with Gasteiger partial charge in [0.2, 0.25) is 0 Å². The average Bonchev–Trinajstić information content (AvgIpc) is 2.22. The molecule has 1 fully saturated rings. The van der Waals surface area contributed by atoms with Crippen LogP contribution in [-0.4, -0.2) is 18.9 Å². The fraction of sp³-hybridized carbons (Fsp3) is 0.364. The van der Waals surface area contributed by atoms with E-state index in [4.69, 9.17) is 0 Å². The van der Waals surface area contributed by atoms with Crippen molar-refractivity contribution >= 4 is 5.78 Å². The van der Waals surface area contributed by atoms with Crippen LogP contribution in [0.5, 0.6) is 0 Å². The van der Waals surface area contributed by atoms with Gasteiger partial charge in [-0.3, -0.25) is 4.79 Å². The van der Waals surface area contributed by atoms with Crippen molar-refractivity contribution in [1.82, 2.24) is 0 Å². The van der Waals surface area contributed by atoms with Crippen molar-refractivity contribution in [2.45, 2.75) is 12.8 Å². The molecule has 0 atom stereocenters. The summed E-state index contributed by atoms with van der Waals surface area (Å²) in [6, 6.07) is 12.5. The number of carbonyl (C=O) groups is 1. The van der Waals surface area contributed by atoms with Crippen LogP contribution in [0, 0.1) is 6.07 Å². The topological polar surface area (TPSA) is 31.2 Å². The number of rotatable bonds is 0. The Morgan fingerprint density at radius 1 is 1.07 bits per heavy atom. The quantitative estimate of drug-likeness (QED) is 0.661. The van der Waals surface area contributed by atoms with Crippen LogP contribution < -0.4 is 0 Å². The third-order valence-corrected chi connectivity index (χ3v) is 1.70. The van der Waals surface area contributed by atoms with Crippen LogP contribution in [0.1, 0.15) is 12.8 Å². The first-order chi connectivity index (χ1) is 6.39. The van der Waals surface area contributed by atoms with Crippen molar-refractivity contribution in [3.63, 3.8) is 0 Å². The zero-order chi connectivity index (χ0) is 9.36. The molecular weight excluding hydrogens is 251 g/mol. The fourth-order valence-corrected chi connectivity index (χ4v) is 0.986. The first-order valence-electron chi connectivity index (χ1n) is 4.45. The molecule has 0 N–H and O–H groups in total. The molecule has 1 aromatic carbocycles. The molecule has 0 spiro atoms. The van der Waals surface area contributed by atoms with E-state index in [1.54, 1.807) is 0 Å². The Kier molecular flexibility index (Phi) is 9.48. The summed E-state index contributed by atoms with van der Waals surface area (Å²) in [6.45, 7) is 1.53. The van der Waals surface area contributed by atoms with Crippen LogP contribution in [0.3, 0.4) is 0 Å². The van der Waals surface area contributed by atoms with E-state index in [-0.39, 0.29) is 32.7 Å². The molecule has 73 valence electrons. The molecule has 2 nitrogen and oxygen atoms in total. The van der Waals surface area contributed by atoms with Gasteiger partial charge in [0.05, 0.1) is 0 Å². The molecule has 0 bridgehead atoms. The minimum atomic E-state index is 0. The molecule has 14 heavy (non-hydrogen) atoms. The standard InChI is InChI=1S/C6H5.C5H8NO.Y/c1-2-4-6-5-3-1;7-5-1-3-6-4-2-5;/h1-5H;1-4H2;/q2*-1;. The number of Topliss-reactive ketones (excluding diaryl/α,β-unsaturated/α-hetero) is 1. The average molecular weight is 264 g/mol.